The first kappa shape index (κ1) is 14.1. The molecule has 0 bridgehead atoms. The fourth-order valence-corrected chi connectivity index (χ4v) is 1.92. The third kappa shape index (κ3) is 3.78. The summed E-state index contributed by atoms with van der Waals surface area (Å²) >= 11 is 0. The van der Waals surface area contributed by atoms with Gasteiger partial charge in [0.2, 0.25) is 5.91 Å². The van der Waals surface area contributed by atoms with E-state index in [-0.39, 0.29) is 29.8 Å². The highest BCUT2D eigenvalue weighted by Gasteiger charge is 2.34. The predicted octanol–water partition coefficient (Wildman–Crippen LogP) is 0.189. The molecule has 0 aromatic carbocycles. The fraction of sp³-hybridized carbons (Fsp3) is 0.833. The Kier molecular flexibility index (Phi) is 5.08. The van der Waals surface area contributed by atoms with E-state index in [2.05, 4.69) is 5.32 Å². The van der Waals surface area contributed by atoms with E-state index in [9.17, 15) is 9.59 Å². The lowest BCUT2D eigenvalue weighted by atomic mass is 10.1. The number of nitrogens with one attached hydrogen (secondary N) is 1. The maximum Gasteiger partial charge on any atom is 0.239 e. The van der Waals surface area contributed by atoms with E-state index in [4.69, 9.17) is 4.74 Å². The van der Waals surface area contributed by atoms with E-state index < -0.39 is 0 Å². The summed E-state index contributed by atoms with van der Waals surface area (Å²) in [6.45, 7) is 8.78. The third-order valence-corrected chi connectivity index (χ3v) is 2.99. The van der Waals surface area contributed by atoms with Crippen LogP contribution < -0.4 is 5.32 Å². The van der Waals surface area contributed by atoms with Crippen LogP contribution >= 0.6 is 0 Å². The Morgan fingerprint density at radius 3 is 2.53 bits per heavy atom. The molecule has 5 heteroatoms. The molecule has 2 atom stereocenters. The van der Waals surface area contributed by atoms with Gasteiger partial charge in [-0.25, -0.2) is 0 Å². The lowest BCUT2D eigenvalue weighted by molar-refractivity contribution is -0.138. The van der Waals surface area contributed by atoms with Crippen molar-refractivity contribution in [3.63, 3.8) is 0 Å². The van der Waals surface area contributed by atoms with E-state index in [1.54, 1.807) is 6.92 Å². The van der Waals surface area contributed by atoms with Crippen molar-refractivity contribution in [2.75, 3.05) is 19.8 Å². The van der Waals surface area contributed by atoms with Gasteiger partial charge in [0, 0.05) is 12.6 Å². The zero-order chi connectivity index (χ0) is 13.0. The quantitative estimate of drug-likeness (QED) is 0.764. The summed E-state index contributed by atoms with van der Waals surface area (Å²) in [6, 6.07) is -0.495. The Bertz CT molecular complexity index is 291. The minimum atomic E-state index is -0.356. The number of ether oxygens (including phenoxy) is 1. The maximum atomic E-state index is 12.0. The second-order valence-corrected chi connectivity index (χ2v) is 4.78. The van der Waals surface area contributed by atoms with E-state index in [0.717, 1.165) is 0 Å². The Morgan fingerprint density at radius 2 is 2.00 bits per heavy atom. The van der Waals surface area contributed by atoms with Crippen LogP contribution in [0.25, 0.3) is 0 Å². The molecule has 0 aliphatic carbocycles. The van der Waals surface area contributed by atoms with Gasteiger partial charge in [-0.3, -0.25) is 14.5 Å². The van der Waals surface area contributed by atoms with Gasteiger partial charge in [-0.2, -0.15) is 0 Å². The zero-order valence-electron chi connectivity index (χ0n) is 11.0. The molecule has 0 aromatic heterocycles. The number of amides is 1. The van der Waals surface area contributed by atoms with Crippen LogP contribution in [0.5, 0.6) is 0 Å². The summed E-state index contributed by atoms with van der Waals surface area (Å²) < 4.78 is 5.33. The van der Waals surface area contributed by atoms with Gasteiger partial charge in [0.15, 0.2) is 0 Å². The lowest BCUT2D eigenvalue weighted by Gasteiger charge is -2.37. The topological polar surface area (TPSA) is 58.6 Å². The molecule has 1 saturated heterocycles. The number of ketones is 1. The highest BCUT2D eigenvalue weighted by atomic mass is 16.5. The molecule has 1 N–H and O–H groups in total. The standard InChI is InChI=1S/C12H22N2O3/c1-8(2)13-12(16)11-7-17-6-5-14(11)9(3)10(4)15/h8-9,11H,5-7H2,1-4H3,(H,13,16). The molecule has 1 heterocycles. The first-order valence-corrected chi connectivity index (χ1v) is 6.07. The van der Waals surface area contributed by atoms with Crippen LogP contribution in [0.3, 0.4) is 0 Å². The third-order valence-electron chi connectivity index (χ3n) is 2.99. The fourth-order valence-electron chi connectivity index (χ4n) is 1.92. The van der Waals surface area contributed by atoms with Crippen molar-refractivity contribution in [3.05, 3.63) is 0 Å². The number of rotatable bonds is 4. The SMILES string of the molecule is CC(=O)C(C)N1CCOCC1C(=O)NC(C)C. The van der Waals surface area contributed by atoms with Gasteiger partial charge < -0.3 is 10.1 Å². The van der Waals surface area contributed by atoms with Gasteiger partial charge in [-0.15, -0.1) is 0 Å². The number of hydrogen-bond acceptors (Lipinski definition) is 4. The molecular formula is C12H22N2O3. The van der Waals surface area contributed by atoms with Crippen LogP contribution in [0, 0.1) is 0 Å². The molecule has 0 aromatic rings. The molecular weight excluding hydrogens is 220 g/mol. The zero-order valence-corrected chi connectivity index (χ0v) is 11.0. The molecule has 98 valence electrons. The maximum absolute atomic E-state index is 12.0. The molecule has 5 nitrogen and oxygen atoms in total. The van der Waals surface area contributed by atoms with Crippen LogP contribution in [-0.4, -0.2) is 54.5 Å². The number of morpholine rings is 1. The van der Waals surface area contributed by atoms with Crippen molar-refractivity contribution in [1.82, 2.24) is 10.2 Å². The van der Waals surface area contributed by atoms with Gasteiger partial charge in [0.05, 0.1) is 19.3 Å². The molecule has 1 aliphatic rings. The smallest absolute Gasteiger partial charge is 0.239 e. The highest BCUT2D eigenvalue weighted by Crippen LogP contribution is 2.12. The average molecular weight is 242 g/mol. The molecule has 0 spiro atoms. The van der Waals surface area contributed by atoms with E-state index in [0.29, 0.717) is 19.8 Å². The number of carbonyl (C=O) groups is 2. The van der Waals surface area contributed by atoms with Crippen LogP contribution in [-0.2, 0) is 14.3 Å². The Morgan fingerprint density at radius 1 is 1.35 bits per heavy atom. The summed E-state index contributed by atoms with van der Waals surface area (Å²) in [5, 5.41) is 2.86. The number of hydrogen-bond donors (Lipinski definition) is 1. The molecule has 17 heavy (non-hydrogen) atoms. The molecule has 1 fully saturated rings. The molecule has 1 amide bonds. The molecule has 0 radical (unpaired) electrons. The van der Waals surface area contributed by atoms with Crippen LogP contribution in [0.4, 0.5) is 0 Å². The lowest BCUT2D eigenvalue weighted by Crippen LogP contribution is -2.58. The normalized spacial score (nSPS) is 23.5. The second-order valence-electron chi connectivity index (χ2n) is 4.78. The molecule has 1 rings (SSSR count). The number of carbonyl (C=O) groups excluding carboxylic acids is 2. The minimum absolute atomic E-state index is 0.0622. The molecule has 1 aliphatic heterocycles. The monoisotopic (exact) mass is 242 g/mol. The average Bonchev–Trinajstić information content (AvgIpc) is 2.27. The van der Waals surface area contributed by atoms with E-state index >= 15 is 0 Å². The summed E-state index contributed by atoms with van der Waals surface area (Å²) in [4.78, 5) is 25.3. The van der Waals surface area contributed by atoms with Gasteiger partial charge in [0.25, 0.3) is 0 Å². The summed E-state index contributed by atoms with van der Waals surface area (Å²) in [7, 11) is 0. The molecule has 0 saturated carbocycles. The highest BCUT2D eigenvalue weighted by molar-refractivity contribution is 5.85. The van der Waals surface area contributed by atoms with Crippen LogP contribution in [0.2, 0.25) is 0 Å². The van der Waals surface area contributed by atoms with E-state index in [1.165, 1.54) is 0 Å². The first-order chi connectivity index (χ1) is 7.93. The Labute approximate surface area is 102 Å². The minimum Gasteiger partial charge on any atom is -0.378 e. The Balaban J connectivity index is 2.71. The Hall–Kier alpha value is -0.940. The first-order valence-electron chi connectivity index (χ1n) is 6.07. The molecule has 2 unspecified atom stereocenters. The van der Waals surface area contributed by atoms with Crippen LogP contribution in [0.1, 0.15) is 27.7 Å². The predicted molar refractivity (Wildman–Crippen MR) is 64.7 cm³/mol. The van der Waals surface area contributed by atoms with Gasteiger partial charge in [0.1, 0.15) is 11.8 Å². The summed E-state index contributed by atoms with van der Waals surface area (Å²) in [6.07, 6.45) is 0. The van der Waals surface area contributed by atoms with Gasteiger partial charge in [-0.1, -0.05) is 0 Å². The summed E-state index contributed by atoms with van der Waals surface area (Å²) in [5.41, 5.74) is 0. The van der Waals surface area contributed by atoms with Crippen molar-refractivity contribution < 1.29 is 14.3 Å². The summed E-state index contributed by atoms with van der Waals surface area (Å²) in [5.74, 6) is 0.0158. The van der Waals surface area contributed by atoms with Gasteiger partial charge in [-0.05, 0) is 27.7 Å². The van der Waals surface area contributed by atoms with Crippen molar-refractivity contribution in [2.45, 2.75) is 45.8 Å². The number of nitrogens with zero attached hydrogens (tertiary/aromatic N) is 1. The van der Waals surface area contributed by atoms with Crippen molar-refractivity contribution >= 4 is 11.7 Å². The van der Waals surface area contributed by atoms with Crippen molar-refractivity contribution in [2.24, 2.45) is 0 Å². The largest absolute Gasteiger partial charge is 0.378 e. The van der Waals surface area contributed by atoms with Gasteiger partial charge >= 0.3 is 0 Å². The van der Waals surface area contributed by atoms with Crippen molar-refractivity contribution in [3.8, 4) is 0 Å². The van der Waals surface area contributed by atoms with E-state index in [1.807, 2.05) is 25.7 Å². The number of Topliss-reactive ketones (excluding diaryl/α,β-unsaturated/α-hetero) is 1. The second kappa shape index (κ2) is 6.12. The van der Waals surface area contributed by atoms with Crippen LogP contribution in [0.15, 0.2) is 0 Å². The van der Waals surface area contributed by atoms with Crippen molar-refractivity contribution in [1.29, 1.82) is 0 Å².